The Kier molecular flexibility index (Phi) is 4.73. The first kappa shape index (κ1) is 16.8. The van der Waals surface area contributed by atoms with Crippen LogP contribution >= 0.6 is 0 Å². The predicted octanol–water partition coefficient (Wildman–Crippen LogP) is 2.65. The van der Waals surface area contributed by atoms with Crippen molar-refractivity contribution < 1.29 is 4.79 Å². The number of rotatable bonds is 3. The molecule has 0 unspecified atom stereocenters. The minimum Gasteiger partial charge on any atom is -0.356 e. The fourth-order valence-electron chi connectivity index (χ4n) is 3.77. The van der Waals surface area contributed by atoms with Crippen molar-refractivity contribution in [2.45, 2.75) is 39.3 Å². The predicted molar refractivity (Wildman–Crippen MR) is 101 cm³/mol. The van der Waals surface area contributed by atoms with Gasteiger partial charge in [0.25, 0.3) is 0 Å². The first-order valence-electron chi connectivity index (χ1n) is 9.39. The van der Waals surface area contributed by atoms with Gasteiger partial charge >= 0.3 is 6.03 Å². The number of aryl methyl sites for hydroxylation is 1. The fraction of sp³-hybridized carbons (Fsp3) is 0.450. The van der Waals surface area contributed by atoms with Crippen molar-refractivity contribution in [1.82, 2.24) is 20.2 Å². The van der Waals surface area contributed by atoms with Crippen LogP contribution in [-0.4, -0.2) is 40.5 Å². The standard InChI is InChI=1S/C20H25N5O/c1-15-22-18-9-12-25(20(26)21-13-16-7-3-2-4-8-16)14-17(18)19(23-15)24-10-5-6-11-24/h2-4,7-8H,5-6,9-14H2,1H3,(H,21,26). The number of nitrogens with one attached hydrogen (secondary N) is 1. The van der Waals surface area contributed by atoms with Gasteiger partial charge in [-0.2, -0.15) is 0 Å². The molecule has 0 saturated carbocycles. The van der Waals surface area contributed by atoms with Crippen molar-refractivity contribution in [2.75, 3.05) is 24.5 Å². The zero-order valence-corrected chi connectivity index (χ0v) is 15.2. The summed E-state index contributed by atoms with van der Waals surface area (Å²) in [5, 5.41) is 3.03. The fourth-order valence-corrected chi connectivity index (χ4v) is 3.77. The van der Waals surface area contributed by atoms with Gasteiger partial charge in [-0.3, -0.25) is 0 Å². The molecular formula is C20H25N5O. The molecule has 6 nitrogen and oxygen atoms in total. The number of amides is 2. The van der Waals surface area contributed by atoms with Crippen molar-refractivity contribution in [1.29, 1.82) is 0 Å². The lowest BCUT2D eigenvalue weighted by Crippen LogP contribution is -2.43. The van der Waals surface area contributed by atoms with Gasteiger partial charge in [-0.05, 0) is 25.3 Å². The number of fused-ring (bicyclic) bond motifs is 1. The Morgan fingerprint density at radius 3 is 2.65 bits per heavy atom. The van der Waals surface area contributed by atoms with Crippen molar-refractivity contribution in [3.63, 3.8) is 0 Å². The van der Waals surface area contributed by atoms with E-state index in [1.807, 2.05) is 42.2 Å². The quantitative estimate of drug-likeness (QED) is 0.923. The van der Waals surface area contributed by atoms with Crippen LogP contribution in [0.25, 0.3) is 0 Å². The lowest BCUT2D eigenvalue weighted by Gasteiger charge is -2.31. The zero-order valence-electron chi connectivity index (χ0n) is 15.2. The van der Waals surface area contributed by atoms with E-state index in [1.165, 1.54) is 12.8 Å². The van der Waals surface area contributed by atoms with E-state index in [0.717, 1.165) is 48.0 Å². The van der Waals surface area contributed by atoms with Crippen molar-refractivity contribution in [2.24, 2.45) is 0 Å². The number of aromatic nitrogens is 2. The van der Waals surface area contributed by atoms with Crippen molar-refractivity contribution in [3.05, 3.63) is 53.0 Å². The SMILES string of the molecule is Cc1nc2c(c(N3CCCC3)n1)CN(C(=O)NCc1ccccc1)CC2. The summed E-state index contributed by atoms with van der Waals surface area (Å²) in [5.41, 5.74) is 3.33. The summed E-state index contributed by atoms with van der Waals surface area (Å²) in [7, 11) is 0. The van der Waals surface area contributed by atoms with Crippen LogP contribution in [-0.2, 0) is 19.5 Å². The third-order valence-electron chi connectivity index (χ3n) is 5.13. The number of carbonyl (C=O) groups excluding carboxylic acids is 1. The third-order valence-corrected chi connectivity index (χ3v) is 5.13. The average molecular weight is 351 g/mol. The molecule has 0 atom stereocenters. The van der Waals surface area contributed by atoms with E-state index in [-0.39, 0.29) is 6.03 Å². The smallest absolute Gasteiger partial charge is 0.317 e. The normalized spacial score (nSPS) is 16.5. The Hall–Kier alpha value is -2.63. The van der Waals surface area contributed by atoms with Gasteiger partial charge in [0.2, 0.25) is 0 Å². The molecule has 4 rings (SSSR count). The highest BCUT2D eigenvalue weighted by Crippen LogP contribution is 2.29. The second-order valence-electron chi connectivity index (χ2n) is 7.03. The van der Waals surface area contributed by atoms with Gasteiger partial charge in [0, 0.05) is 38.2 Å². The van der Waals surface area contributed by atoms with Crippen LogP contribution in [0, 0.1) is 6.92 Å². The molecule has 0 bridgehead atoms. The van der Waals surface area contributed by atoms with E-state index in [4.69, 9.17) is 4.98 Å². The number of nitrogens with zero attached hydrogens (tertiary/aromatic N) is 4. The largest absolute Gasteiger partial charge is 0.356 e. The van der Waals surface area contributed by atoms with E-state index in [1.54, 1.807) is 0 Å². The summed E-state index contributed by atoms with van der Waals surface area (Å²) in [6.07, 6.45) is 3.20. The second-order valence-corrected chi connectivity index (χ2v) is 7.03. The molecule has 1 aromatic heterocycles. The van der Waals surface area contributed by atoms with E-state index in [0.29, 0.717) is 19.6 Å². The van der Waals surface area contributed by atoms with Crippen LogP contribution in [0.5, 0.6) is 0 Å². The lowest BCUT2D eigenvalue weighted by molar-refractivity contribution is 0.191. The van der Waals surface area contributed by atoms with Gasteiger partial charge in [0.05, 0.1) is 12.2 Å². The van der Waals surface area contributed by atoms with Crippen molar-refractivity contribution in [3.8, 4) is 0 Å². The number of hydrogen-bond acceptors (Lipinski definition) is 4. The summed E-state index contributed by atoms with van der Waals surface area (Å²) >= 11 is 0. The van der Waals surface area contributed by atoms with E-state index in [9.17, 15) is 4.79 Å². The van der Waals surface area contributed by atoms with Gasteiger partial charge < -0.3 is 15.1 Å². The van der Waals surface area contributed by atoms with Crippen LogP contribution in [0.15, 0.2) is 30.3 Å². The van der Waals surface area contributed by atoms with Gasteiger partial charge in [0.15, 0.2) is 0 Å². The number of anilines is 1. The summed E-state index contributed by atoms with van der Waals surface area (Å²) in [6, 6.07) is 9.98. The first-order valence-corrected chi connectivity index (χ1v) is 9.39. The Morgan fingerprint density at radius 1 is 1.12 bits per heavy atom. The van der Waals surface area contributed by atoms with Gasteiger partial charge in [0.1, 0.15) is 11.6 Å². The molecule has 1 fully saturated rings. The zero-order chi connectivity index (χ0) is 17.9. The molecule has 2 amide bonds. The van der Waals surface area contributed by atoms with E-state index >= 15 is 0 Å². The van der Waals surface area contributed by atoms with Crippen LogP contribution in [0.1, 0.15) is 35.5 Å². The van der Waals surface area contributed by atoms with E-state index < -0.39 is 0 Å². The molecule has 136 valence electrons. The molecule has 1 saturated heterocycles. The van der Waals surface area contributed by atoms with E-state index in [2.05, 4.69) is 15.2 Å². The third kappa shape index (κ3) is 3.49. The summed E-state index contributed by atoms with van der Waals surface area (Å²) in [4.78, 5) is 26.2. The average Bonchev–Trinajstić information content (AvgIpc) is 3.20. The molecule has 0 aliphatic carbocycles. The van der Waals surface area contributed by atoms with Crippen LogP contribution in [0.4, 0.5) is 10.6 Å². The second kappa shape index (κ2) is 7.32. The molecule has 1 N–H and O–H groups in total. The number of hydrogen-bond donors (Lipinski definition) is 1. The molecule has 26 heavy (non-hydrogen) atoms. The van der Waals surface area contributed by atoms with Crippen LogP contribution in [0.2, 0.25) is 0 Å². The summed E-state index contributed by atoms with van der Waals surface area (Å²) in [5.74, 6) is 1.86. The highest BCUT2D eigenvalue weighted by Gasteiger charge is 2.28. The maximum Gasteiger partial charge on any atom is 0.317 e. The minimum atomic E-state index is -0.0209. The Morgan fingerprint density at radius 2 is 1.88 bits per heavy atom. The Labute approximate surface area is 154 Å². The Balaban J connectivity index is 1.48. The summed E-state index contributed by atoms with van der Waals surface area (Å²) < 4.78 is 0. The van der Waals surface area contributed by atoms with Gasteiger partial charge in [-0.25, -0.2) is 14.8 Å². The molecular weight excluding hydrogens is 326 g/mol. The van der Waals surface area contributed by atoms with Crippen LogP contribution < -0.4 is 10.2 Å². The number of carbonyl (C=O) groups is 1. The number of urea groups is 1. The van der Waals surface area contributed by atoms with Gasteiger partial charge in [-0.15, -0.1) is 0 Å². The maximum absolute atomic E-state index is 12.6. The molecule has 0 spiro atoms. The van der Waals surface area contributed by atoms with Gasteiger partial charge in [-0.1, -0.05) is 30.3 Å². The molecule has 2 aromatic rings. The minimum absolute atomic E-state index is 0.0209. The molecule has 3 heterocycles. The molecule has 1 aromatic carbocycles. The van der Waals surface area contributed by atoms with Crippen LogP contribution in [0.3, 0.4) is 0 Å². The Bertz CT molecular complexity index is 786. The monoisotopic (exact) mass is 351 g/mol. The van der Waals surface area contributed by atoms with Crippen molar-refractivity contribution >= 4 is 11.8 Å². The molecule has 0 radical (unpaired) electrons. The molecule has 2 aliphatic heterocycles. The number of benzene rings is 1. The molecule has 6 heteroatoms. The highest BCUT2D eigenvalue weighted by molar-refractivity contribution is 5.75. The summed E-state index contributed by atoms with van der Waals surface area (Å²) in [6.45, 7) is 5.88. The first-order chi connectivity index (χ1) is 12.7. The highest BCUT2D eigenvalue weighted by atomic mass is 16.2. The maximum atomic E-state index is 12.6. The molecule has 2 aliphatic rings. The lowest BCUT2D eigenvalue weighted by atomic mass is 10.1. The topological polar surface area (TPSA) is 61.4 Å².